The fourth-order valence-electron chi connectivity index (χ4n) is 1.05. The maximum absolute atomic E-state index is 9.36. The maximum Gasteiger partial charge on any atom is 0.181 e. The molecule has 0 aliphatic carbocycles. The topological polar surface area (TPSA) is 55.5 Å². The Bertz CT molecular complexity index is 273. The minimum Gasteiger partial charge on any atom is -0.399 e. The number of ether oxygens (including phenoxy) is 1. The molecule has 1 atom stereocenters. The van der Waals surface area contributed by atoms with Gasteiger partial charge in [-0.1, -0.05) is 6.07 Å². The van der Waals surface area contributed by atoms with E-state index in [1.54, 1.807) is 12.1 Å². The second-order valence-corrected chi connectivity index (χ2v) is 2.70. The molecule has 0 aromatic heterocycles. The van der Waals surface area contributed by atoms with Gasteiger partial charge < -0.3 is 15.6 Å². The standard InChI is InChI=1S/C9H13NO2/c1-6-3-4-7(10)5-8(6)9(11)12-2/h3-5,9,11H,10H2,1-2H3. The van der Waals surface area contributed by atoms with Crippen LogP contribution in [0.4, 0.5) is 5.69 Å². The number of nitrogens with two attached hydrogens (primary N) is 1. The average Bonchev–Trinajstić information content (AvgIpc) is 2.08. The average molecular weight is 167 g/mol. The van der Waals surface area contributed by atoms with Crippen molar-refractivity contribution in [3.05, 3.63) is 29.3 Å². The molecule has 0 aliphatic heterocycles. The zero-order valence-corrected chi connectivity index (χ0v) is 7.24. The Hall–Kier alpha value is -1.06. The van der Waals surface area contributed by atoms with E-state index in [0.29, 0.717) is 5.69 Å². The highest BCUT2D eigenvalue weighted by atomic mass is 16.6. The number of hydrogen-bond donors (Lipinski definition) is 2. The molecule has 1 aromatic rings. The predicted molar refractivity (Wildman–Crippen MR) is 47.6 cm³/mol. The summed E-state index contributed by atoms with van der Waals surface area (Å²) in [6.07, 6.45) is -0.881. The molecule has 3 heteroatoms. The predicted octanol–water partition coefficient (Wildman–Crippen LogP) is 1.21. The van der Waals surface area contributed by atoms with E-state index >= 15 is 0 Å². The molecule has 0 saturated heterocycles. The van der Waals surface area contributed by atoms with E-state index in [0.717, 1.165) is 11.1 Å². The van der Waals surface area contributed by atoms with Gasteiger partial charge in [-0.3, -0.25) is 0 Å². The van der Waals surface area contributed by atoms with Crippen LogP contribution in [0.1, 0.15) is 17.4 Å². The molecular formula is C9H13NO2. The molecular weight excluding hydrogens is 154 g/mol. The Morgan fingerprint density at radius 1 is 1.50 bits per heavy atom. The van der Waals surface area contributed by atoms with Crippen LogP contribution in [0.3, 0.4) is 0 Å². The van der Waals surface area contributed by atoms with Crippen molar-refractivity contribution < 1.29 is 9.84 Å². The third kappa shape index (κ3) is 1.75. The summed E-state index contributed by atoms with van der Waals surface area (Å²) in [5, 5.41) is 9.36. The lowest BCUT2D eigenvalue weighted by atomic mass is 10.1. The molecule has 0 amide bonds. The van der Waals surface area contributed by atoms with Gasteiger partial charge in [0.05, 0.1) is 0 Å². The number of rotatable bonds is 2. The van der Waals surface area contributed by atoms with Crippen LogP contribution < -0.4 is 5.73 Å². The quantitative estimate of drug-likeness (QED) is 0.514. The summed E-state index contributed by atoms with van der Waals surface area (Å²) in [5.41, 5.74) is 7.88. The molecule has 0 saturated carbocycles. The first-order chi connectivity index (χ1) is 5.65. The van der Waals surface area contributed by atoms with Crippen LogP contribution in [-0.4, -0.2) is 12.2 Å². The molecule has 1 unspecified atom stereocenters. The van der Waals surface area contributed by atoms with Crippen molar-refractivity contribution in [2.75, 3.05) is 12.8 Å². The number of aryl methyl sites for hydroxylation is 1. The van der Waals surface area contributed by atoms with Gasteiger partial charge in [0.15, 0.2) is 6.29 Å². The number of nitrogen functional groups attached to an aromatic ring is 1. The normalized spacial score (nSPS) is 12.9. The van der Waals surface area contributed by atoms with Gasteiger partial charge in [-0.15, -0.1) is 0 Å². The second kappa shape index (κ2) is 3.56. The first-order valence-corrected chi connectivity index (χ1v) is 3.72. The minimum absolute atomic E-state index is 0.631. The summed E-state index contributed by atoms with van der Waals surface area (Å²) < 4.78 is 4.77. The van der Waals surface area contributed by atoms with Crippen molar-refractivity contribution in [2.24, 2.45) is 0 Å². The van der Waals surface area contributed by atoms with Crippen molar-refractivity contribution in [3.8, 4) is 0 Å². The third-order valence-corrected chi connectivity index (χ3v) is 1.79. The highest BCUT2D eigenvalue weighted by Crippen LogP contribution is 2.20. The summed E-state index contributed by atoms with van der Waals surface area (Å²) in [5.74, 6) is 0. The van der Waals surface area contributed by atoms with Crippen LogP contribution in [0, 0.1) is 6.92 Å². The summed E-state index contributed by atoms with van der Waals surface area (Å²) in [7, 11) is 1.45. The zero-order chi connectivity index (χ0) is 9.14. The SMILES string of the molecule is COC(O)c1cc(N)ccc1C. The fourth-order valence-corrected chi connectivity index (χ4v) is 1.05. The first kappa shape index (κ1) is 9.03. The number of aliphatic hydroxyl groups excluding tert-OH is 1. The minimum atomic E-state index is -0.881. The van der Waals surface area contributed by atoms with Gasteiger partial charge in [0.25, 0.3) is 0 Å². The van der Waals surface area contributed by atoms with Gasteiger partial charge in [-0.2, -0.15) is 0 Å². The smallest absolute Gasteiger partial charge is 0.181 e. The largest absolute Gasteiger partial charge is 0.399 e. The Morgan fingerprint density at radius 2 is 2.17 bits per heavy atom. The van der Waals surface area contributed by atoms with Crippen LogP contribution >= 0.6 is 0 Å². The van der Waals surface area contributed by atoms with Crippen LogP contribution in [-0.2, 0) is 4.74 Å². The number of hydrogen-bond acceptors (Lipinski definition) is 3. The molecule has 0 radical (unpaired) electrons. The summed E-state index contributed by atoms with van der Waals surface area (Å²) >= 11 is 0. The van der Waals surface area contributed by atoms with Gasteiger partial charge in [0.1, 0.15) is 0 Å². The van der Waals surface area contributed by atoms with Gasteiger partial charge in [-0.05, 0) is 24.6 Å². The molecule has 3 nitrogen and oxygen atoms in total. The van der Waals surface area contributed by atoms with E-state index in [1.165, 1.54) is 7.11 Å². The molecule has 0 heterocycles. The molecule has 3 N–H and O–H groups in total. The number of methoxy groups -OCH3 is 1. The molecule has 1 aromatic carbocycles. The Balaban J connectivity index is 3.04. The van der Waals surface area contributed by atoms with E-state index in [4.69, 9.17) is 10.5 Å². The maximum atomic E-state index is 9.36. The molecule has 66 valence electrons. The lowest BCUT2D eigenvalue weighted by molar-refractivity contribution is -0.0772. The van der Waals surface area contributed by atoms with E-state index in [2.05, 4.69) is 0 Å². The van der Waals surface area contributed by atoms with Crippen molar-refractivity contribution in [1.29, 1.82) is 0 Å². The highest BCUT2D eigenvalue weighted by molar-refractivity contribution is 5.44. The van der Waals surface area contributed by atoms with Gasteiger partial charge >= 0.3 is 0 Å². The Morgan fingerprint density at radius 3 is 2.75 bits per heavy atom. The Labute approximate surface area is 71.8 Å². The van der Waals surface area contributed by atoms with Gasteiger partial charge in [0.2, 0.25) is 0 Å². The summed E-state index contributed by atoms with van der Waals surface area (Å²) in [6.45, 7) is 1.90. The van der Waals surface area contributed by atoms with Crippen LogP contribution in [0.2, 0.25) is 0 Å². The van der Waals surface area contributed by atoms with Crippen molar-refractivity contribution in [1.82, 2.24) is 0 Å². The zero-order valence-electron chi connectivity index (χ0n) is 7.24. The molecule has 12 heavy (non-hydrogen) atoms. The van der Waals surface area contributed by atoms with Gasteiger partial charge in [0, 0.05) is 18.4 Å². The van der Waals surface area contributed by atoms with Crippen molar-refractivity contribution in [3.63, 3.8) is 0 Å². The number of anilines is 1. The first-order valence-electron chi connectivity index (χ1n) is 3.72. The molecule has 0 bridgehead atoms. The third-order valence-electron chi connectivity index (χ3n) is 1.79. The molecule has 0 fully saturated rings. The van der Waals surface area contributed by atoms with E-state index < -0.39 is 6.29 Å². The Kier molecular flexibility index (Phi) is 2.68. The number of aliphatic hydroxyl groups is 1. The fraction of sp³-hybridized carbons (Fsp3) is 0.333. The van der Waals surface area contributed by atoms with Crippen LogP contribution in [0.5, 0.6) is 0 Å². The van der Waals surface area contributed by atoms with Crippen LogP contribution in [0.25, 0.3) is 0 Å². The molecule has 0 spiro atoms. The summed E-state index contributed by atoms with van der Waals surface area (Å²) in [6, 6.07) is 5.36. The van der Waals surface area contributed by atoms with Crippen LogP contribution in [0.15, 0.2) is 18.2 Å². The summed E-state index contributed by atoms with van der Waals surface area (Å²) in [4.78, 5) is 0. The van der Waals surface area contributed by atoms with E-state index in [1.807, 2.05) is 13.0 Å². The van der Waals surface area contributed by atoms with Crippen molar-refractivity contribution in [2.45, 2.75) is 13.2 Å². The molecule has 0 aliphatic rings. The number of benzene rings is 1. The van der Waals surface area contributed by atoms with E-state index in [-0.39, 0.29) is 0 Å². The lowest BCUT2D eigenvalue weighted by Gasteiger charge is -2.11. The molecule has 1 rings (SSSR count). The van der Waals surface area contributed by atoms with Crippen molar-refractivity contribution >= 4 is 5.69 Å². The second-order valence-electron chi connectivity index (χ2n) is 2.70. The lowest BCUT2D eigenvalue weighted by Crippen LogP contribution is -2.02. The van der Waals surface area contributed by atoms with E-state index in [9.17, 15) is 5.11 Å². The highest BCUT2D eigenvalue weighted by Gasteiger charge is 2.08. The van der Waals surface area contributed by atoms with Gasteiger partial charge in [-0.25, -0.2) is 0 Å². The monoisotopic (exact) mass is 167 g/mol.